The lowest BCUT2D eigenvalue weighted by atomic mass is 10.1. The van der Waals surface area contributed by atoms with Crippen LogP contribution in [0, 0.1) is 0 Å². The SMILES string of the molecule is CCC/C=C\CCCCCCCC(=O)OCC(COC(=O)CCCCCCCCC)OC(=O)CCCCCCCCCCC. The maximum absolute atomic E-state index is 12.5. The molecule has 0 amide bonds. The third-order valence-corrected chi connectivity index (χ3v) is 8.00. The molecule has 0 spiro atoms. The molecule has 0 aliphatic rings. The molecule has 0 aliphatic heterocycles. The van der Waals surface area contributed by atoms with E-state index in [1.807, 2.05) is 0 Å². The molecule has 0 saturated heterocycles. The minimum atomic E-state index is -0.760. The van der Waals surface area contributed by atoms with Gasteiger partial charge in [-0.05, 0) is 38.5 Å². The first-order chi connectivity index (χ1) is 21.5. The Morgan fingerprint density at radius 2 is 0.795 bits per heavy atom. The van der Waals surface area contributed by atoms with Crippen LogP contribution in [0.15, 0.2) is 12.2 Å². The molecule has 44 heavy (non-hydrogen) atoms. The summed E-state index contributed by atoms with van der Waals surface area (Å²) in [5.41, 5.74) is 0. The number of hydrogen-bond acceptors (Lipinski definition) is 6. The second-order valence-corrected chi connectivity index (χ2v) is 12.5. The van der Waals surface area contributed by atoms with Gasteiger partial charge in [-0.25, -0.2) is 0 Å². The molecule has 0 aliphatic carbocycles. The van der Waals surface area contributed by atoms with Crippen molar-refractivity contribution in [1.29, 1.82) is 0 Å². The average Bonchev–Trinajstić information content (AvgIpc) is 3.02. The van der Waals surface area contributed by atoms with E-state index in [2.05, 4.69) is 32.9 Å². The molecule has 0 bridgehead atoms. The molecular weight excluding hydrogens is 552 g/mol. The highest BCUT2D eigenvalue weighted by Gasteiger charge is 2.19. The minimum Gasteiger partial charge on any atom is -0.462 e. The Bertz CT molecular complexity index is 689. The quantitative estimate of drug-likeness (QED) is 0.0313. The summed E-state index contributed by atoms with van der Waals surface area (Å²) < 4.78 is 16.5. The maximum Gasteiger partial charge on any atom is 0.306 e. The Morgan fingerprint density at radius 1 is 0.432 bits per heavy atom. The Balaban J connectivity index is 4.36. The highest BCUT2D eigenvalue weighted by Crippen LogP contribution is 2.13. The first-order valence-corrected chi connectivity index (χ1v) is 18.7. The molecule has 0 fully saturated rings. The lowest BCUT2D eigenvalue weighted by Gasteiger charge is -2.18. The van der Waals surface area contributed by atoms with Gasteiger partial charge >= 0.3 is 17.9 Å². The molecule has 0 N–H and O–H groups in total. The second kappa shape index (κ2) is 34.0. The molecule has 258 valence electrons. The molecule has 6 nitrogen and oxygen atoms in total. The summed E-state index contributed by atoms with van der Waals surface area (Å²) in [6.45, 7) is 6.48. The summed E-state index contributed by atoms with van der Waals surface area (Å²) in [5, 5.41) is 0. The van der Waals surface area contributed by atoms with Crippen LogP contribution in [-0.2, 0) is 28.6 Å². The predicted octanol–water partition coefficient (Wildman–Crippen LogP) is 11.1. The van der Waals surface area contributed by atoms with E-state index < -0.39 is 6.10 Å². The molecule has 0 saturated carbocycles. The van der Waals surface area contributed by atoms with Gasteiger partial charge in [0.1, 0.15) is 13.2 Å². The molecule has 0 aromatic rings. The van der Waals surface area contributed by atoms with Gasteiger partial charge < -0.3 is 14.2 Å². The third-order valence-electron chi connectivity index (χ3n) is 8.00. The van der Waals surface area contributed by atoms with Crippen LogP contribution in [0.5, 0.6) is 0 Å². The van der Waals surface area contributed by atoms with E-state index in [1.54, 1.807) is 0 Å². The summed E-state index contributed by atoms with van der Waals surface area (Å²) in [6.07, 6.45) is 32.1. The summed E-state index contributed by atoms with van der Waals surface area (Å²) >= 11 is 0. The monoisotopic (exact) mass is 623 g/mol. The number of unbranched alkanes of at least 4 members (excludes halogenated alkanes) is 20. The van der Waals surface area contributed by atoms with Crippen molar-refractivity contribution in [2.75, 3.05) is 13.2 Å². The fourth-order valence-electron chi connectivity index (χ4n) is 5.15. The predicted molar refractivity (Wildman–Crippen MR) is 183 cm³/mol. The highest BCUT2D eigenvalue weighted by molar-refractivity contribution is 5.71. The number of carbonyl (C=O) groups excluding carboxylic acids is 3. The first kappa shape index (κ1) is 42.1. The van der Waals surface area contributed by atoms with Gasteiger partial charge in [-0.3, -0.25) is 14.4 Å². The van der Waals surface area contributed by atoms with Crippen LogP contribution in [0.25, 0.3) is 0 Å². The van der Waals surface area contributed by atoms with Crippen molar-refractivity contribution < 1.29 is 28.6 Å². The van der Waals surface area contributed by atoms with Crippen molar-refractivity contribution >= 4 is 17.9 Å². The zero-order chi connectivity index (χ0) is 32.4. The van der Waals surface area contributed by atoms with E-state index in [0.717, 1.165) is 70.6 Å². The van der Waals surface area contributed by atoms with Crippen molar-refractivity contribution in [2.24, 2.45) is 0 Å². The van der Waals surface area contributed by atoms with E-state index in [4.69, 9.17) is 14.2 Å². The molecule has 0 aromatic heterocycles. The molecule has 0 rings (SSSR count). The molecule has 0 heterocycles. The van der Waals surface area contributed by atoms with Crippen LogP contribution in [-0.4, -0.2) is 37.2 Å². The van der Waals surface area contributed by atoms with E-state index >= 15 is 0 Å². The Kier molecular flexibility index (Phi) is 32.6. The Morgan fingerprint density at radius 3 is 1.23 bits per heavy atom. The van der Waals surface area contributed by atoms with Crippen LogP contribution >= 0.6 is 0 Å². The van der Waals surface area contributed by atoms with E-state index in [-0.39, 0.29) is 31.1 Å². The first-order valence-electron chi connectivity index (χ1n) is 18.7. The van der Waals surface area contributed by atoms with Gasteiger partial charge in [-0.1, -0.05) is 148 Å². The average molecular weight is 623 g/mol. The van der Waals surface area contributed by atoms with Gasteiger partial charge in [0.15, 0.2) is 6.10 Å². The number of carbonyl (C=O) groups is 3. The smallest absolute Gasteiger partial charge is 0.306 e. The Labute approximate surface area is 271 Å². The van der Waals surface area contributed by atoms with Crippen LogP contribution in [0.3, 0.4) is 0 Å². The summed E-state index contributed by atoms with van der Waals surface area (Å²) in [7, 11) is 0. The fourth-order valence-corrected chi connectivity index (χ4v) is 5.15. The van der Waals surface area contributed by atoms with Crippen molar-refractivity contribution in [3.8, 4) is 0 Å². The maximum atomic E-state index is 12.5. The molecule has 1 atom stereocenters. The van der Waals surface area contributed by atoms with Crippen molar-refractivity contribution in [3.05, 3.63) is 12.2 Å². The summed E-state index contributed by atoms with van der Waals surface area (Å²) in [4.78, 5) is 37.2. The standard InChI is InChI=1S/C38H70O6/c1-4-7-10-13-16-18-20-22-25-28-31-37(40)43-34-35(33-42-36(39)30-27-24-21-15-12-9-6-3)44-38(41)32-29-26-23-19-17-14-11-8-5-2/h10,13,35H,4-9,11-12,14-34H2,1-3H3/b13-10-. The second-order valence-electron chi connectivity index (χ2n) is 12.5. The van der Waals surface area contributed by atoms with Gasteiger partial charge in [-0.15, -0.1) is 0 Å². The van der Waals surface area contributed by atoms with Gasteiger partial charge in [0, 0.05) is 19.3 Å². The summed E-state index contributed by atoms with van der Waals surface area (Å²) in [6, 6.07) is 0. The van der Waals surface area contributed by atoms with Gasteiger partial charge in [0.2, 0.25) is 0 Å². The van der Waals surface area contributed by atoms with Crippen LogP contribution in [0.1, 0.15) is 194 Å². The Hall–Kier alpha value is -1.85. The highest BCUT2D eigenvalue weighted by atomic mass is 16.6. The van der Waals surface area contributed by atoms with Crippen LogP contribution < -0.4 is 0 Å². The number of rotatable bonds is 33. The van der Waals surface area contributed by atoms with E-state index in [0.29, 0.717) is 19.3 Å². The molecule has 6 heteroatoms. The molecule has 1 unspecified atom stereocenters. The topological polar surface area (TPSA) is 78.9 Å². The van der Waals surface area contributed by atoms with Crippen molar-refractivity contribution in [2.45, 2.75) is 200 Å². The fraction of sp³-hybridized carbons (Fsp3) is 0.868. The van der Waals surface area contributed by atoms with Gasteiger partial charge in [-0.2, -0.15) is 0 Å². The van der Waals surface area contributed by atoms with Crippen LogP contribution in [0.4, 0.5) is 0 Å². The number of esters is 3. The lowest BCUT2D eigenvalue weighted by molar-refractivity contribution is -0.167. The third kappa shape index (κ3) is 31.6. The van der Waals surface area contributed by atoms with Gasteiger partial charge in [0.05, 0.1) is 0 Å². The van der Waals surface area contributed by atoms with Crippen molar-refractivity contribution in [1.82, 2.24) is 0 Å². The summed E-state index contributed by atoms with van der Waals surface area (Å²) in [5.74, 6) is -0.894. The number of allylic oxidation sites excluding steroid dienone is 2. The number of hydrogen-bond donors (Lipinski definition) is 0. The van der Waals surface area contributed by atoms with E-state index in [9.17, 15) is 14.4 Å². The van der Waals surface area contributed by atoms with Crippen LogP contribution in [0.2, 0.25) is 0 Å². The normalized spacial score (nSPS) is 12.0. The number of ether oxygens (including phenoxy) is 3. The van der Waals surface area contributed by atoms with Gasteiger partial charge in [0.25, 0.3) is 0 Å². The minimum absolute atomic E-state index is 0.0706. The van der Waals surface area contributed by atoms with E-state index in [1.165, 1.54) is 83.5 Å². The molecular formula is C38H70O6. The zero-order valence-corrected chi connectivity index (χ0v) is 29.2. The molecule has 0 radical (unpaired) electrons. The largest absolute Gasteiger partial charge is 0.462 e. The zero-order valence-electron chi connectivity index (χ0n) is 29.2. The molecule has 0 aromatic carbocycles. The van der Waals surface area contributed by atoms with Crippen molar-refractivity contribution in [3.63, 3.8) is 0 Å². The lowest BCUT2D eigenvalue weighted by Crippen LogP contribution is -2.30.